The molecule has 0 aliphatic rings. The van der Waals surface area contributed by atoms with Gasteiger partial charge in [0.15, 0.2) is 0 Å². The topological polar surface area (TPSA) is 64.3 Å². The quantitative estimate of drug-likeness (QED) is 0.784. The van der Waals surface area contributed by atoms with E-state index >= 15 is 0 Å². The van der Waals surface area contributed by atoms with Gasteiger partial charge in [0.1, 0.15) is 12.4 Å². The molecule has 0 saturated heterocycles. The molecule has 0 radical (unpaired) electrons. The van der Waals surface area contributed by atoms with Gasteiger partial charge in [0.25, 0.3) is 0 Å². The van der Waals surface area contributed by atoms with E-state index in [0.29, 0.717) is 19.6 Å². The summed E-state index contributed by atoms with van der Waals surface area (Å²) in [6.07, 6.45) is 0.341. The van der Waals surface area contributed by atoms with Crippen molar-refractivity contribution >= 4 is 5.91 Å². The lowest BCUT2D eigenvalue weighted by atomic mass is 9.85. The molecule has 0 saturated carbocycles. The fraction of sp³-hybridized carbons (Fsp3) is 0.562. The van der Waals surface area contributed by atoms with Crippen molar-refractivity contribution in [3.8, 4) is 5.75 Å². The Labute approximate surface area is 121 Å². The first-order chi connectivity index (χ1) is 9.29. The second kappa shape index (κ2) is 7.29. The van der Waals surface area contributed by atoms with Gasteiger partial charge in [-0.05, 0) is 30.0 Å². The average Bonchev–Trinajstić information content (AvgIpc) is 2.33. The van der Waals surface area contributed by atoms with Crippen LogP contribution in [0.2, 0.25) is 0 Å². The molecule has 0 fully saturated rings. The van der Waals surface area contributed by atoms with Gasteiger partial charge < -0.3 is 15.8 Å². The normalized spacial score (nSPS) is 12.8. The number of rotatable bonds is 6. The first kappa shape index (κ1) is 16.5. The zero-order valence-electron chi connectivity index (χ0n) is 12.9. The van der Waals surface area contributed by atoms with Gasteiger partial charge in [0.2, 0.25) is 5.91 Å². The number of amides is 1. The molecule has 1 amide bonds. The minimum absolute atomic E-state index is 0.0275. The van der Waals surface area contributed by atoms with Crippen molar-refractivity contribution in [2.24, 2.45) is 11.1 Å². The predicted octanol–water partition coefficient (Wildman–Crippen LogP) is 2.25. The first-order valence-electron chi connectivity index (χ1n) is 7.01. The highest BCUT2D eigenvalue weighted by molar-refractivity contribution is 5.76. The Bertz CT molecular complexity index is 438. The third kappa shape index (κ3) is 6.06. The molecule has 1 aromatic carbocycles. The van der Waals surface area contributed by atoms with Crippen LogP contribution in [0.3, 0.4) is 0 Å². The van der Waals surface area contributed by atoms with Gasteiger partial charge in [-0.2, -0.15) is 0 Å². The number of nitrogens with one attached hydrogen (secondary N) is 1. The molecule has 0 aliphatic heterocycles. The molecule has 0 heterocycles. The number of hydrogen-bond donors (Lipinski definition) is 2. The summed E-state index contributed by atoms with van der Waals surface area (Å²) in [5.41, 5.74) is 7.07. The smallest absolute Gasteiger partial charge is 0.221 e. The van der Waals surface area contributed by atoms with E-state index in [1.54, 1.807) is 0 Å². The van der Waals surface area contributed by atoms with Crippen molar-refractivity contribution in [2.45, 2.75) is 40.2 Å². The monoisotopic (exact) mass is 278 g/mol. The maximum absolute atomic E-state index is 11.7. The zero-order valence-corrected chi connectivity index (χ0v) is 12.9. The van der Waals surface area contributed by atoms with Crippen LogP contribution in [0.5, 0.6) is 5.75 Å². The van der Waals surface area contributed by atoms with E-state index in [1.807, 2.05) is 52.0 Å². The van der Waals surface area contributed by atoms with Crippen LogP contribution in [0.1, 0.15) is 32.8 Å². The Kier molecular flexibility index (Phi) is 6.02. The maximum Gasteiger partial charge on any atom is 0.221 e. The van der Waals surface area contributed by atoms with E-state index in [2.05, 4.69) is 5.32 Å². The van der Waals surface area contributed by atoms with Gasteiger partial charge in [-0.25, -0.2) is 0 Å². The Morgan fingerprint density at radius 3 is 2.70 bits per heavy atom. The van der Waals surface area contributed by atoms with Crippen LogP contribution in [0, 0.1) is 12.3 Å². The minimum atomic E-state index is -0.139. The van der Waals surface area contributed by atoms with E-state index in [1.165, 1.54) is 0 Å². The van der Waals surface area contributed by atoms with E-state index in [-0.39, 0.29) is 17.4 Å². The molecule has 1 rings (SSSR count). The highest BCUT2D eigenvalue weighted by Crippen LogP contribution is 2.19. The average molecular weight is 278 g/mol. The standard InChI is InChI=1S/C16H26N2O2/c1-12-6-5-7-13(10-12)20-9-8-18-15(19)11-14(17)16(2,3)4/h5-7,10,14H,8-9,11,17H2,1-4H3,(H,18,19). The zero-order chi connectivity index (χ0) is 15.2. The van der Waals surface area contributed by atoms with Gasteiger partial charge >= 0.3 is 0 Å². The first-order valence-corrected chi connectivity index (χ1v) is 7.01. The largest absolute Gasteiger partial charge is 0.492 e. The molecular formula is C16H26N2O2. The third-order valence-corrected chi connectivity index (χ3v) is 3.20. The van der Waals surface area contributed by atoms with Crippen LogP contribution in [-0.2, 0) is 4.79 Å². The lowest BCUT2D eigenvalue weighted by Gasteiger charge is -2.26. The molecule has 0 aliphatic carbocycles. The Morgan fingerprint density at radius 2 is 2.10 bits per heavy atom. The van der Waals surface area contributed by atoms with E-state index < -0.39 is 0 Å². The fourth-order valence-electron chi connectivity index (χ4n) is 1.64. The molecular weight excluding hydrogens is 252 g/mol. The second-order valence-electron chi connectivity index (χ2n) is 6.19. The third-order valence-electron chi connectivity index (χ3n) is 3.20. The lowest BCUT2D eigenvalue weighted by molar-refractivity contribution is -0.122. The molecule has 1 atom stereocenters. The van der Waals surface area contributed by atoms with Crippen molar-refractivity contribution in [3.63, 3.8) is 0 Å². The summed E-state index contributed by atoms with van der Waals surface area (Å²) in [5.74, 6) is 0.797. The Balaban J connectivity index is 2.23. The number of hydrogen-bond acceptors (Lipinski definition) is 3. The van der Waals surface area contributed by atoms with E-state index in [9.17, 15) is 4.79 Å². The van der Waals surface area contributed by atoms with Crippen LogP contribution in [0.25, 0.3) is 0 Å². The van der Waals surface area contributed by atoms with Crippen molar-refractivity contribution in [1.29, 1.82) is 0 Å². The van der Waals surface area contributed by atoms with Crippen LogP contribution in [0.4, 0.5) is 0 Å². The molecule has 3 N–H and O–H groups in total. The molecule has 112 valence electrons. The molecule has 20 heavy (non-hydrogen) atoms. The number of carbonyl (C=O) groups excluding carboxylic acids is 1. The van der Waals surface area contributed by atoms with Crippen LogP contribution < -0.4 is 15.8 Å². The minimum Gasteiger partial charge on any atom is -0.492 e. The number of ether oxygens (including phenoxy) is 1. The van der Waals surface area contributed by atoms with E-state index in [0.717, 1.165) is 11.3 Å². The second-order valence-corrected chi connectivity index (χ2v) is 6.19. The highest BCUT2D eigenvalue weighted by atomic mass is 16.5. The number of nitrogens with two attached hydrogens (primary N) is 1. The van der Waals surface area contributed by atoms with Crippen LogP contribution >= 0.6 is 0 Å². The highest BCUT2D eigenvalue weighted by Gasteiger charge is 2.22. The van der Waals surface area contributed by atoms with Crippen molar-refractivity contribution in [1.82, 2.24) is 5.32 Å². The van der Waals surface area contributed by atoms with Gasteiger partial charge in [-0.1, -0.05) is 32.9 Å². The molecule has 1 aromatic rings. The molecule has 4 heteroatoms. The summed E-state index contributed by atoms with van der Waals surface area (Å²) in [6.45, 7) is 9.06. The fourth-order valence-corrected chi connectivity index (χ4v) is 1.64. The van der Waals surface area contributed by atoms with Crippen molar-refractivity contribution in [2.75, 3.05) is 13.2 Å². The molecule has 0 spiro atoms. The van der Waals surface area contributed by atoms with Gasteiger partial charge in [0, 0.05) is 12.5 Å². The summed E-state index contributed by atoms with van der Waals surface area (Å²) >= 11 is 0. The van der Waals surface area contributed by atoms with Crippen LogP contribution in [0.15, 0.2) is 24.3 Å². The van der Waals surface area contributed by atoms with Gasteiger partial charge in [0.05, 0.1) is 6.54 Å². The predicted molar refractivity (Wildman–Crippen MR) is 81.7 cm³/mol. The Hall–Kier alpha value is -1.55. The lowest BCUT2D eigenvalue weighted by Crippen LogP contribution is -2.40. The molecule has 1 unspecified atom stereocenters. The SMILES string of the molecule is Cc1cccc(OCCNC(=O)CC(N)C(C)(C)C)c1. The number of benzene rings is 1. The summed E-state index contributed by atoms with van der Waals surface area (Å²) < 4.78 is 5.56. The summed E-state index contributed by atoms with van der Waals surface area (Å²) in [5, 5.41) is 2.83. The molecule has 0 bridgehead atoms. The maximum atomic E-state index is 11.7. The van der Waals surface area contributed by atoms with Crippen LogP contribution in [-0.4, -0.2) is 25.1 Å². The number of carbonyl (C=O) groups is 1. The summed E-state index contributed by atoms with van der Waals surface area (Å²) in [4.78, 5) is 11.7. The Morgan fingerprint density at radius 1 is 1.40 bits per heavy atom. The molecule has 4 nitrogen and oxygen atoms in total. The summed E-state index contributed by atoms with van der Waals surface area (Å²) in [6, 6.07) is 7.70. The molecule has 0 aromatic heterocycles. The van der Waals surface area contributed by atoms with Gasteiger partial charge in [-0.15, -0.1) is 0 Å². The van der Waals surface area contributed by atoms with E-state index in [4.69, 9.17) is 10.5 Å². The van der Waals surface area contributed by atoms with Gasteiger partial charge in [-0.3, -0.25) is 4.79 Å². The van der Waals surface area contributed by atoms with Crippen molar-refractivity contribution in [3.05, 3.63) is 29.8 Å². The van der Waals surface area contributed by atoms with Crippen molar-refractivity contribution < 1.29 is 9.53 Å². The number of aryl methyl sites for hydroxylation is 1. The summed E-state index contributed by atoms with van der Waals surface area (Å²) in [7, 11) is 0.